The van der Waals surface area contributed by atoms with Crippen molar-refractivity contribution >= 4 is 5.69 Å². The van der Waals surface area contributed by atoms with Crippen LogP contribution in [0.15, 0.2) is 84.9 Å². The third kappa shape index (κ3) is 2.82. The zero-order chi connectivity index (χ0) is 18.2. The van der Waals surface area contributed by atoms with E-state index in [4.69, 9.17) is 4.74 Å². The van der Waals surface area contributed by atoms with Crippen LogP contribution in [0, 0.1) is 5.92 Å². The van der Waals surface area contributed by atoms with Gasteiger partial charge in [0.05, 0.1) is 13.2 Å². The SMILES string of the molecule is COc1cccc([C@@H]2Nc3ccc(-c4ccccc4)cc3[C@@H]3C=CC[C@@H]32)c1. The topological polar surface area (TPSA) is 21.3 Å². The first-order valence-corrected chi connectivity index (χ1v) is 9.60. The number of anilines is 1. The van der Waals surface area contributed by atoms with Crippen molar-refractivity contribution in [3.63, 3.8) is 0 Å². The Labute approximate surface area is 160 Å². The van der Waals surface area contributed by atoms with Gasteiger partial charge in [0.2, 0.25) is 0 Å². The molecule has 2 aliphatic rings. The molecule has 0 aromatic heterocycles. The molecule has 2 nitrogen and oxygen atoms in total. The van der Waals surface area contributed by atoms with Gasteiger partial charge in [-0.1, -0.05) is 60.7 Å². The van der Waals surface area contributed by atoms with Crippen LogP contribution in [0.5, 0.6) is 5.75 Å². The van der Waals surface area contributed by atoms with Gasteiger partial charge < -0.3 is 10.1 Å². The number of methoxy groups -OCH3 is 1. The first kappa shape index (κ1) is 16.2. The van der Waals surface area contributed by atoms with Gasteiger partial charge in [0.15, 0.2) is 0 Å². The van der Waals surface area contributed by atoms with E-state index in [0.29, 0.717) is 17.9 Å². The third-order valence-electron chi connectivity index (χ3n) is 5.92. The van der Waals surface area contributed by atoms with Gasteiger partial charge in [0.25, 0.3) is 0 Å². The van der Waals surface area contributed by atoms with Gasteiger partial charge in [-0.2, -0.15) is 0 Å². The highest BCUT2D eigenvalue weighted by atomic mass is 16.5. The molecule has 2 heteroatoms. The zero-order valence-corrected chi connectivity index (χ0v) is 15.4. The Morgan fingerprint density at radius 3 is 2.63 bits per heavy atom. The Bertz CT molecular complexity index is 992. The average molecular weight is 353 g/mol. The molecule has 3 aromatic carbocycles. The number of rotatable bonds is 3. The van der Waals surface area contributed by atoms with Crippen LogP contribution in [-0.2, 0) is 0 Å². The van der Waals surface area contributed by atoms with Crippen LogP contribution in [0.25, 0.3) is 11.1 Å². The summed E-state index contributed by atoms with van der Waals surface area (Å²) in [5.41, 5.74) is 6.51. The van der Waals surface area contributed by atoms with E-state index in [1.807, 2.05) is 6.07 Å². The number of hydrogen-bond donors (Lipinski definition) is 1. The molecule has 0 saturated heterocycles. The van der Waals surface area contributed by atoms with Crippen LogP contribution in [-0.4, -0.2) is 7.11 Å². The standard InChI is InChI=1S/C25H23NO/c1-27-20-10-5-9-19(15-20)25-22-12-6-11-21(22)23-16-18(13-14-24(23)26-25)17-7-3-2-4-8-17/h2-11,13-16,21-22,25-26H,12H2,1H3/t21-,22+,25+/m1/s1. The van der Waals surface area contributed by atoms with Gasteiger partial charge in [-0.25, -0.2) is 0 Å². The Balaban J connectivity index is 1.55. The molecule has 0 radical (unpaired) electrons. The molecule has 27 heavy (non-hydrogen) atoms. The smallest absolute Gasteiger partial charge is 0.119 e. The third-order valence-corrected chi connectivity index (χ3v) is 5.92. The highest BCUT2D eigenvalue weighted by molar-refractivity contribution is 5.71. The quantitative estimate of drug-likeness (QED) is 0.567. The maximum absolute atomic E-state index is 5.45. The normalized spacial score (nSPS) is 22.6. The maximum atomic E-state index is 5.45. The Morgan fingerprint density at radius 2 is 1.78 bits per heavy atom. The molecule has 0 bridgehead atoms. The second-order valence-corrected chi connectivity index (χ2v) is 7.42. The number of allylic oxidation sites excluding steroid dienone is 2. The summed E-state index contributed by atoms with van der Waals surface area (Å²) in [6.07, 6.45) is 5.84. The monoisotopic (exact) mass is 353 g/mol. The predicted molar refractivity (Wildman–Crippen MR) is 111 cm³/mol. The van der Waals surface area contributed by atoms with Crippen molar-refractivity contribution in [2.24, 2.45) is 5.92 Å². The van der Waals surface area contributed by atoms with E-state index in [0.717, 1.165) is 12.2 Å². The fourth-order valence-electron chi connectivity index (χ4n) is 4.57. The Kier molecular flexibility index (Phi) is 3.97. The minimum Gasteiger partial charge on any atom is -0.497 e. The van der Waals surface area contributed by atoms with E-state index < -0.39 is 0 Å². The number of fused-ring (bicyclic) bond motifs is 3. The van der Waals surface area contributed by atoms with Gasteiger partial charge in [0.1, 0.15) is 5.75 Å². The van der Waals surface area contributed by atoms with Crippen molar-refractivity contribution < 1.29 is 4.74 Å². The predicted octanol–water partition coefficient (Wildman–Crippen LogP) is 6.19. The highest BCUT2D eigenvalue weighted by Crippen LogP contribution is 2.50. The average Bonchev–Trinajstić information content (AvgIpc) is 3.24. The molecule has 0 spiro atoms. The lowest BCUT2D eigenvalue weighted by Crippen LogP contribution is -2.29. The second-order valence-electron chi connectivity index (χ2n) is 7.42. The molecule has 134 valence electrons. The molecule has 0 fully saturated rings. The van der Waals surface area contributed by atoms with E-state index in [1.54, 1.807) is 7.11 Å². The molecule has 1 heterocycles. The van der Waals surface area contributed by atoms with E-state index in [9.17, 15) is 0 Å². The fourth-order valence-corrected chi connectivity index (χ4v) is 4.57. The van der Waals surface area contributed by atoms with Crippen molar-refractivity contribution in [1.29, 1.82) is 0 Å². The molecule has 3 aromatic rings. The lowest BCUT2D eigenvalue weighted by atomic mass is 9.76. The molecule has 3 atom stereocenters. The van der Waals surface area contributed by atoms with Crippen molar-refractivity contribution in [2.45, 2.75) is 18.4 Å². The molecule has 1 aliphatic heterocycles. The summed E-state index contributed by atoms with van der Waals surface area (Å²) >= 11 is 0. The number of hydrogen-bond acceptors (Lipinski definition) is 2. The van der Waals surface area contributed by atoms with E-state index in [2.05, 4.69) is 84.2 Å². The lowest BCUT2D eigenvalue weighted by molar-refractivity contribution is 0.406. The maximum Gasteiger partial charge on any atom is 0.119 e. The molecular formula is C25H23NO. The number of nitrogens with one attached hydrogen (secondary N) is 1. The molecule has 1 N–H and O–H groups in total. The Morgan fingerprint density at radius 1 is 0.889 bits per heavy atom. The lowest BCUT2D eigenvalue weighted by Gasteiger charge is -2.38. The molecule has 0 amide bonds. The van der Waals surface area contributed by atoms with Gasteiger partial charge in [-0.3, -0.25) is 0 Å². The summed E-state index contributed by atoms with van der Waals surface area (Å²) in [6.45, 7) is 0. The first-order chi connectivity index (χ1) is 13.3. The van der Waals surface area contributed by atoms with Gasteiger partial charge in [0, 0.05) is 11.6 Å². The highest BCUT2D eigenvalue weighted by Gasteiger charge is 2.38. The zero-order valence-electron chi connectivity index (χ0n) is 15.4. The van der Waals surface area contributed by atoms with Crippen LogP contribution >= 0.6 is 0 Å². The van der Waals surface area contributed by atoms with Crippen LogP contribution in [0.1, 0.15) is 29.5 Å². The molecular weight excluding hydrogens is 330 g/mol. The summed E-state index contributed by atoms with van der Waals surface area (Å²) in [7, 11) is 1.73. The van der Waals surface area contributed by atoms with Gasteiger partial charge in [-0.15, -0.1) is 0 Å². The first-order valence-electron chi connectivity index (χ1n) is 9.60. The van der Waals surface area contributed by atoms with E-state index in [1.165, 1.54) is 27.9 Å². The Hall–Kier alpha value is -3.00. The molecule has 5 rings (SSSR count). The number of ether oxygens (including phenoxy) is 1. The summed E-state index contributed by atoms with van der Waals surface area (Å²) in [5, 5.41) is 3.82. The fraction of sp³-hybridized carbons (Fsp3) is 0.200. The minimum absolute atomic E-state index is 0.301. The van der Waals surface area contributed by atoms with Gasteiger partial charge in [-0.05, 0) is 58.9 Å². The van der Waals surface area contributed by atoms with Crippen molar-refractivity contribution in [1.82, 2.24) is 0 Å². The largest absolute Gasteiger partial charge is 0.497 e. The summed E-state index contributed by atoms with van der Waals surface area (Å²) in [4.78, 5) is 0. The summed E-state index contributed by atoms with van der Waals surface area (Å²) < 4.78 is 5.45. The van der Waals surface area contributed by atoms with E-state index >= 15 is 0 Å². The summed E-state index contributed by atoms with van der Waals surface area (Å²) in [5.74, 6) is 1.92. The van der Waals surface area contributed by atoms with Crippen LogP contribution in [0.2, 0.25) is 0 Å². The van der Waals surface area contributed by atoms with E-state index in [-0.39, 0.29) is 0 Å². The van der Waals surface area contributed by atoms with Crippen molar-refractivity contribution in [3.05, 3.63) is 96.1 Å². The van der Waals surface area contributed by atoms with Crippen LogP contribution in [0.4, 0.5) is 5.69 Å². The van der Waals surface area contributed by atoms with Crippen LogP contribution < -0.4 is 10.1 Å². The summed E-state index contributed by atoms with van der Waals surface area (Å²) in [6, 6.07) is 26.2. The molecule has 0 saturated carbocycles. The van der Waals surface area contributed by atoms with Crippen molar-refractivity contribution in [2.75, 3.05) is 12.4 Å². The van der Waals surface area contributed by atoms with Gasteiger partial charge >= 0.3 is 0 Å². The number of benzene rings is 3. The van der Waals surface area contributed by atoms with Crippen LogP contribution in [0.3, 0.4) is 0 Å². The molecule has 1 aliphatic carbocycles. The molecule has 0 unspecified atom stereocenters. The minimum atomic E-state index is 0.301. The van der Waals surface area contributed by atoms with Crippen molar-refractivity contribution in [3.8, 4) is 16.9 Å². The second kappa shape index (κ2) is 6.62.